The van der Waals surface area contributed by atoms with Gasteiger partial charge in [0.15, 0.2) is 0 Å². The Balaban J connectivity index is 2.19. The molecule has 0 spiro atoms. The summed E-state index contributed by atoms with van der Waals surface area (Å²) in [5.41, 5.74) is 1.82. The lowest BCUT2D eigenvalue weighted by Crippen LogP contribution is -2.39. The van der Waals surface area contributed by atoms with Crippen LogP contribution in [0.3, 0.4) is 0 Å². The third kappa shape index (κ3) is 3.84. The Morgan fingerprint density at radius 2 is 1.86 bits per heavy atom. The van der Waals surface area contributed by atoms with E-state index in [4.69, 9.17) is 0 Å². The van der Waals surface area contributed by atoms with E-state index in [-0.39, 0.29) is 24.3 Å². The molecule has 0 aromatic heterocycles. The maximum Gasteiger partial charge on any atom is 0.244 e. The summed E-state index contributed by atoms with van der Waals surface area (Å²) in [6.07, 6.45) is 3.78. The van der Waals surface area contributed by atoms with Crippen molar-refractivity contribution in [2.75, 3.05) is 11.9 Å². The maximum absolute atomic E-state index is 12.7. The number of benzene rings is 1. The fraction of sp³-hybridized carbons (Fsp3) is 0.529. The van der Waals surface area contributed by atoms with Gasteiger partial charge >= 0.3 is 0 Å². The summed E-state index contributed by atoms with van der Waals surface area (Å²) in [7, 11) is 0. The van der Waals surface area contributed by atoms with Crippen LogP contribution in [0.25, 0.3) is 0 Å². The number of fused-ring (bicyclic) bond motifs is 1. The standard InChI is InChI=1S/C17H24N2O2/c1-3-7-13(8-4-2)17(21)19-11-14-9-5-6-10-15(14)18-16(20)12-19/h5-6,9-10,13H,3-4,7-8,11-12H2,1-2H3,(H,18,20). The third-order valence-electron chi connectivity index (χ3n) is 3.92. The molecule has 1 aromatic carbocycles. The molecular formula is C17H24N2O2. The first-order chi connectivity index (χ1) is 10.2. The molecule has 1 aromatic rings. The van der Waals surface area contributed by atoms with E-state index in [0.29, 0.717) is 6.54 Å². The summed E-state index contributed by atoms with van der Waals surface area (Å²) in [6, 6.07) is 7.69. The average Bonchev–Trinajstić information content (AvgIpc) is 2.64. The Labute approximate surface area is 126 Å². The summed E-state index contributed by atoms with van der Waals surface area (Å²) in [6.45, 7) is 4.86. The SMILES string of the molecule is CCCC(CCC)C(=O)N1CC(=O)Nc2ccccc2C1. The first-order valence-electron chi connectivity index (χ1n) is 7.82. The van der Waals surface area contributed by atoms with Gasteiger partial charge < -0.3 is 10.2 Å². The van der Waals surface area contributed by atoms with Crippen LogP contribution in [0.4, 0.5) is 5.69 Å². The molecule has 21 heavy (non-hydrogen) atoms. The molecule has 1 aliphatic heterocycles. The van der Waals surface area contributed by atoms with Gasteiger partial charge in [0.25, 0.3) is 0 Å². The van der Waals surface area contributed by atoms with Gasteiger partial charge in [-0.25, -0.2) is 0 Å². The lowest BCUT2D eigenvalue weighted by Gasteiger charge is -2.25. The van der Waals surface area contributed by atoms with E-state index < -0.39 is 0 Å². The van der Waals surface area contributed by atoms with Gasteiger partial charge in [0.2, 0.25) is 11.8 Å². The maximum atomic E-state index is 12.7. The molecule has 0 fully saturated rings. The van der Waals surface area contributed by atoms with Crippen molar-refractivity contribution >= 4 is 17.5 Å². The minimum Gasteiger partial charge on any atom is -0.329 e. The zero-order valence-corrected chi connectivity index (χ0v) is 12.9. The van der Waals surface area contributed by atoms with Crippen LogP contribution in [0, 0.1) is 5.92 Å². The topological polar surface area (TPSA) is 49.4 Å². The summed E-state index contributed by atoms with van der Waals surface area (Å²) in [5.74, 6) is 0.0451. The molecule has 0 unspecified atom stereocenters. The molecule has 0 saturated heterocycles. The molecule has 0 aliphatic carbocycles. The second-order valence-electron chi connectivity index (χ2n) is 5.67. The Morgan fingerprint density at radius 3 is 2.52 bits per heavy atom. The molecule has 2 amide bonds. The summed E-state index contributed by atoms with van der Waals surface area (Å²) >= 11 is 0. The van der Waals surface area contributed by atoms with Crippen LogP contribution in [0.15, 0.2) is 24.3 Å². The highest BCUT2D eigenvalue weighted by Crippen LogP contribution is 2.23. The van der Waals surface area contributed by atoms with Crippen molar-refractivity contribution in [1.82, 2.24) is 4.90 Å². The first kappa shape index (κ1) is 15.5. The highest BCUT2D eigenvalue weighted by atomic mass is 16.2. The second-order valence-corrected chi connectivity index (χ2v) is 5.67. The van der Waals surface area contributed by atoms with Gasteiger partial charge in [0.1, 0.15) is 6.54 Å². The highest BCUT2D eigenvalue weighted by molar-refractivity contribution is 5.96. The van der Waals surface area contributed by atoms with E-state index in [1.165, 1.54) is 0 Å². The van der Waals surface area contributed by atoms with Gasteiger partial charge in [-0.2, -0.15) is 0 Å². The molecule has 0 atom stereocenters. The Bertz CT molecular complexity index is 507. The lowest BCUT2D eigenvalue weighted by molar-refractivity contribution is -0.139. The molecule has 1 heterocycles. The lowest BCUT2D eigenvalue weighted by atomic mass is 9.96. The quantitative estimate of drug-likeness (QED) is 0.904. The Kier molecular flexibility index (Phi) is 5.37. The van der Waals surface area contributed by atoms with Crippen molar-refractivity contribution in [3.05, 3.63) is 29.8 Å². The van der Waals surface area contributed by atoms with Crippen molar-refractivity contribution in [3.63, 3.8) is 0 Å². The van der Waals surface area contributed by atoms with Crippen LogP contribution < -0.4 is 5.32 Å². The van der Waals surface area contributed by atoms with Gasteiger partial charge in [-0.1, -0.05) is 44.9 Å². The van der Waals surface area contributed by atoms with E-state index >= 15 is 0 Å². The second kappa shape index (κ2) is 7.25. The zero-order valence-electron chi connectivity index (χ0n) is 12.9. The smallest absolute Gasteiger partial charge is 0.244 e. The van der Waals surface area contributed by atoms with E-state index in [1.807, 2.05) is 24.3 Å². The molecule has 1 N–H and O–H groups in total. The van der Waals surface area contributed by atoms with Crippen molar-refractivity contribution in [3.8, 4) is 0 Å². The van der Waals surface area contributed by atoms with Crippen molar-refractivity contribution in [2.24, 2.45) is 5.92 Å². The van der Waals surface area contributed by atoms with Crippen molar-refractivity contribution < 1.29 is 9.59 Å². The fourth-order valence-corrected chi connectivity index (χ4v) is 2.91. The number of nitrogens with one attached hydrogen (secondary N) is 1. The van der Waals surface area contributed by atoms with E-state index in [9.17, 15) is 9.59 Å². The predicted octanol–water partition coefficient (Wildman–Crippen LogP) is 3.18. The third-order valence-corrected chi connectivity index (χ3v) is 3.92. The minimum absolute atomic E-state index is 0.0399. The van der Waals surface area contributed by atoms with E-state index in [2.05, 4.69) is 19.2 Å². The van der Waals surface area contributed by atoms with Crippen LogP contribution in [0.5, 0.6) is 0 Å². The number of hydrogen-bond acceptors (Lipinski definition) is 2. The number of carbonyl (C=O) groups is 2. The fourth-order valence-electron chi connectivity index (χ4n) is 2.91. The largest absolute Gasteiger partial charge is 0.329 e. The minimum atomic E-state index is -0.111. The van der Waals surface area contributed by atoms with Crippen LogP contribution in [0.2, 0.25) is 0 Å². The van der Waals surface area contributed by atoms with Crippen molar-refractivity contribution in [1.29, 1.82) is 0 Å². The Hall–Kier alpha value is -1.84. The number of para-hydroxylation sites is 1. The van der Waals surface area contributed by atoms with Gasteiger partial charge in [-0.3, -0.25) is 9.59 Å². The van der Waals surface area contributed by atoms with Crippen LogP contribution >= 0.6 is 0 Å². The molecule has 114 valence electrons. The number of hydrogen-bond donors (Lipinski definition) is 1. The number of anilines is 1. The van der Waals surface area contributed by atoms with Crippen LogP contribution in [0.1, 0.15) is 45.1 Å². The molecule has 0 bridgehead atoms. The number of carbonyl (C=O) groups excluding carboxylic acids is 2. The normalized spacial score (nSPS) is 14.6. The first-order valence-corrected chi connectivity index (χ1v) is 7.82. The van der Waals surface area contributed by atoms with Gasteiger partial charge in [0, 0.05) is 18.2 Å². The average molecular weight is 288 g/mol. The number of amides is 2. The molecule has 2 rings (SSSR count). The zero-order chi connectivity index (χ0) is 15.2. The van der Waals surface area contributed by atoms with E-state index in [0.717, 1.165) is 36.9 Å². The number of rotatable bonds is 5. The monoisotopic (exact) mass is 288 g/mol. The molecule has 1 aliphatic rings. The molecule has 0 radical (unpaired) electrons. The van der Waals surface area contributed by atoms with Gasteiger partial charge in [0.05, 0.1) is 0 Å². The highest BCUT2D eigenvalue weighted by Gasteiger charge is 2.27. The van der Waals surface area contributed by atoms with Gasteiger partial charge in [-0.05, 0) is 24.5 Å². The summed E-state index contributed by atoms with van der Waals surface area (Å²) < 4.78 is 0. The molecule has 0 saturated carbocycles. The predicted molar refractivity (Wildman–Crippen MR) is 83.8 cm³/mol. The van der Waals surface area contributed by atoms with Crippen molar-refractivity contribution in [2.45, 2.75) is 46.1 Å². The van der Waals surface area contributed by atoms with Gasteiger partial charge in [-0.15, -0.1) is 0 Å². The molecule has 4 heteroatoms. The molecule has 4 nitrogen and oxygen atoms in total. The summed E-state index contributed by atoms with van der Waals surface area (Å²) in [4.78, 5) is 26.4. The van der Waals surface area contributed by atoms with Crippen LogP contribution in [-0.2, 0) is 16.1 Å². The summed E-state index contributed by atoms with van der Waals surface area (Å²) in [5, 5.41) is 2.88. The van der Waals surface area contributed by atoms with Crippen LogP contribution in [-0.4, -0.2) is 23.3 Å². The van der Waals surface area contributed by atoms with E-state index in [1.54, 1.807) is 4.90 Å². The number of nitrogens with zero attached hydrogens (tertiary/aromatic N) is 1. The molecular weight excluding hydrogens is 264 g/mol. The Morgan fingerprint density at radius 1 is 1.19 bits per heavy atom.